The molecule has 1 aliphatic rings. The summed E-state index contributed by atoms with van der Waals surface area (Å²) in [6.07, 6.45) is 5.08. The zero-order valence-corrected chi connectivity index (χ0v) is 12.0. The van der Waals surface area contributed by atoms with Crippen molar-refractivity contribution in [2.45, 2.75) is 58.5 Å². The van der Waals surface area contributed by atoms with Crippen molar-refractivity contribution < 1.29 is 9.53 Å². The first-order valence-corrected chi connectivity index (χ1v) is 7.20. The molecule has 1 rings (SSSR count). The molecular weight excluding hydrogens is 228 g/mol. The molecule has 4 nitrogen and oxygen atoms in total. The topological polar surface area (TPSA) is 55.6 Å². The predicted molar refractivity (Wildman–Crippen MR) is 73.3 cm³/mol. The van der Waals surface area contributed by atoms with Gasteiger partial charge in [-0.15, -0.1) is 0 Å². The Morgan fingerprint density at radius 3 is 2.44 bits per heavy atom. The number of rotatable bonds is 7. The van der Waals surface area contributed by atoms with Crippen LogP contribution in [-0.4, -0.2) is 42.6 Å². The Morgan fingerprint density at radius 1 is 1.33 bits per heavy atom. The van der Waals surface area contributed by atoms with E-state index in [1.165, 1.54) is 25.7 Å². The Labute approximate surface area is 111 Å². The molecule has 2 N–H and O–H groups in total. The van der Waals surface area contributed by atoms with Gasteiger partial charge < -0.3 is 10.5 Å². The van der Waals surface area contributed by atoms with E-state index in [4.69, 9.17) is 10.5 Å². The van der Waals surface area contributed by atoms with Gasteiger partial charge in [0.05, 0.1) is 6.61 Å². The number of hydrogen-bond donors (Lipinski definition) is 1. The smallest absolute Gasteiger partial charge is 0.324 e. The van der Waals surface area contributed by atoms with Crippen LogP contribution in [0.15, 0.2) is 0 Å². The van der Waals surface area contributed by atoms with Crippen LogP contribution in [0.25, 0.3) is 0 Å². The Kier molecular flexibility index (Phi) is 6.65. The lowest BCUT2D eigenvalue weighted by Crippen LogP contribution is -2.48. The molecule has 1 unspecified atom stereocenters. The predicted octanol–water partition coefficient (Wildman–Crippen LogP) is 1.78. The largest absolute Gasteiger partial charge is 0.465 e. The summed E-state index contributed by atoms with van der Waals surface area (Å²) in [6, 6.07) is 0.0946. The first-order valence-electron chi connectivity index (χ1n) is 7.20. The molecule has 4 heteroatoms. The molecule has 0 aromatic rings. The van der Waals surface area contributed by atoms with Crippen LogP contribution in [0.4, 0.5) is 0 Å². The molecule has 106 valence electrons. The second kappa shape index (κ2) is 7.74. The van der Waals surface area contributed by atoms with E-state index in [0.717, 1.165) is 6.54 Å². The minimum Gasteiger partial charge on any atom is -0.465 e. The minimum atomic E-state index is -0.510. The van der Waals surface area contributed by atoms with Crippen LogP contribution in [0, 0.1) is 5.92 Å². The molecule has 1 atom stereocenters. The third-order valence-electron chi connectivity index (χ3n) is 3.46. The normalized spacial score (nSPS) is 18.6. The number of carbonyl (C=O) groups is 1. The number of esters is 1. The van der Waals surface area contributed by atoms with Crippen LogP contribution >= 0.6 is 0 Å². The van der Waals surface area contributed by atoms with E-state index in [1.807, 2.05) is 6.92 Å². The molecule has 0 aromatic heterocycles. The van der Waals surface area contributed by atoms with Gasteiger partial charge >= 0.3 is 5.97 Å². The lowest BCUT2D eigenvalue weighted by atomic mass is 10.1. The Hall–Kier alpha value is -0.610. The third-order valence-corrected chi connectivity index (χ3v) is 3.46. The third kappa shape index (κ3) is 4.94. The van der Waals surface area contributed by atoms with Gasteiger partial charge in [-0.2, -0.15) is 0 Å². The maximum atomic E-state index is 11.6. The van der Waals surface area contributed by atoms with Crippen molar-refractivity contribution in [3.05, 3.63) is 0 Å². The van der Waals surface area contributed by atoms with Crippen molar-refractivity contribution >= 4 is 5.97 Å². The van der Waals surface area contributed by atoms with Gasteiger partial charge in [0.25, 0.3) is 0 Å². The molecular formula is C14H28N2O2. The summed E-state index contributed by atoms with van der Waals surface area (Å²) >= 11 is 0. The summed E-state index contributed by atoms with van der Waals surface area (Å²) in [5.41, 5.74) is 5.93. The van der Waals surface area contributed by atoms with Gasteiger partial charge in [0.1, 0.15) is 6.04 Å². The molecule has 0 heterocycles. The van der Waals surface area contributed by atoms with Gasteiger partial charge in [0.15, 0.2) is 0 Å². The number of ether oxygens (including phenoxy) is 1. The highest BCUT2D eigenvalue weighted by atomic mass is 16.5. The van der Waals surface area contributed by atoms with Crippen LogP contribution in [0.3, 0.4) is 0 Å². The summed E-state index contributed by atoms with van der Waals surface area (Å²) in [5.74, 6) is 0.323. The number of hydrogen-bond acceptors (Lipinski definition) is 4. The first kappa shape index (κ1) is 15.4. The highest BCUT2D eigenvalue weighted by Gasteiger charge is 2.27. The molecule has 0 aliphatic heterocycles. The Bertz CT molecular complexity index is 250. The van der Waals surface area contributed by atoms with Crippen LogP contribution in [0.5, 0.6) is 0 Å². The average Bonchev–Trinajstić information content (AvgIpc) is 2.81. The monoisotopic (exact) mass is 256 g/mol. The van der Waals surface area contributed by atoms with Gasteiger partial charge in [-0.05, 0) is 25.7 Å². The highest BCUT2D eigenvalue weighted by Crippen LogP contribution is 2.24. The number of nitrogens with two attached hydrogens (primary N) is 1. The van der Waals surface area contributed by atoms with Crippen LogP contribution in [0.1, 0.15) is 46.5 Å². The quantitative estimate of drug-likeness (QED) is 0.705. The van der Waals surface area contributed by atoms with Crippen LogP contribution < -0.4 is 5.73 Å². The highest BCUT2D eigenvalue weighted by molar-refractivity contribution is 5.75. The fourth-order valence-corrected chi connectivity index (χ4v) is 2.69. The Balaban J connectivity index is 2.51. The van der Waals surface area contributed by atoms with Crippen molar-refractivity contribution in [2.24, 2.45) is 11.7 Å². The summed E-state index contributed by atoms with van der Waals surface area (Å²) in [6.45, 7) is 8.27. The van der Waals surface area contributed by atoms with Crippen molar-refractivity contribution in [1.82, 2.24) is 4.90 Å². The maximum Gasteiger partial charge on any atom is 0.324 e. The van der Waals surface area contributed by atoms with Gasteiger partial charge in [0.2, 0.25) is 0 Å². The summed E-state index contributed by atoms with van der Waals surface area (Å²) in [5, 5.41) is 0. The van der Waals surface area contributed by atoms with Crippen molar-refractivity contribution in [2.75, 3.05) is 19.7 Å². The summed E-state index contributed by atoms with van der Waals surface area (Å²) in [7, 11) is 0. The van der Waals surface area contributed by atoms with E-state index in [2.05, 4.69) is 18.7 Å². The molecule has 0 radical (unpaired) electrons. The SMILES string of the molecule is CCOC(=O)C(N)CN(CC(C)C)C1CCCC1. The Morgan fingerprint density at radius 2 is 1.94 bits per heavy atom. The number of carbonyl (C=O) groups excluding carboxylic acids is 1. The van der Waals surface area contributed by atoms with E-state index in [9.17, 15) is 4.79 Å². The maximum absolute atomic E-state index is 11.6. The summed E-state index contributed by atoms with van der Waals surface area (Å²) < 4.78 is 4.98. The molecule has 0 spiro atoms. The molecule has 1 fully saturated rings. The van der Waals surface area contributed by atoms with Gasteiger partial charge in [0, 0.05) is 19.1 Å². The van der Waals surface area contributed by atoms with Crippen molar-refractivity contribution in [3.63, 3.8) is 0 Å². The molecule has 18 heavy (non-hydrogen) atoms. The zero-order chi connectivity index (χ0) is 13.5. The molecule has 1 aliphatic carbocycles. The van der Waals surface area contributed by atoms with E-state index in [1.54, 1.807) is 0 Å². The minimum absolute atomic E-state index is 0.274. The summed E-state index contributed by atoms with van der Waals surface area (Å²) in [4.78, 5) is 14.0. The van der Waals surface area contributed by atoms with Crippen molar-refractivity contribution in [3.8, 4) is 0 Å². The lowest BCUT2D eigenvalue weighted by molar-refractivity contribution is -0.145. The number of nitrogens with zero attached hydrogens (tertiary/aromatic N) is 1. The van der Waals surface area contributed by atoms with Gasteiger partial charge in [-0.25, -0.2) is 0 Å². The standard InChI is InChI=1S/C14H28N2O2/c1-4-18-14(17)13(15)10-16(9-11(2)3)12-7-5-6-8-12/h11-13H,4-10,15H2,1-3H3. The molecule has 0 aromatic carbocycles. The second-order valence-corrected chi connectivity index (χ2v) is 5.64. The second-order valence-electron chi connectivity index (χ2n) is 5.64. The average molecular weight is 256 g/mol. The van der Waals surface area contributed by atoms with Gasteiger partial charge in [-0.3, -0.25) is 9.69 Å². The van der Waals surface area contributed by atoms with E-state index in [-0.39, 0.29) is 5.97 Å². The molecule has 0 saturated heterocycles. The van der Waals surface area contributed by atoms with Crippen LogP contribution in [-0.2, 0) is 9.53 Å². The van der Waals surface area contributed by atoms with E-state index >= 15 is 0 Å². The fourth-order valence-electron chi connectivity index (χ4n) is 2.69. The molecule has 0 bridgehead atoms. The van der Waals surface area contributed by atoms with E-state index < -0.39 is 6.04 Å². The first-order chi connectivity index (χ1) is 8.54. The molecule has 0 amide bonds. The molecule has 1 saturated carbocycles. The van der Waals surface area contributed by atoms with Crippen LogP contribution in [0.2, 0.25) is 0 Å². The lowest BCUT2D eigenvalue weighted by Gasteiger charge is -2.31. The van der Waals surface area contributed by atoms with Crippen molar-refractivity contribution in [1.29, 1.82) is 0 Å². The van der Waals surface area contributed by atoms with Gasteiger partial charge in [-0.1, -0.05) is 26.7 Å². The zero-order valence-electron chi connectivity index (χ0n) is 12.0. The fraction of sp³-hybridized carbons (Fsp3) is 0.929. The van der Waals surface area contributed by atoms with E-state index in [0.29, 0.717) is 25.1 Å².